The molecule has 0 bridgehead atoms. The quantitative estimate of drug-likeness (QED) is 0.254. The molecule has 0 radical (unpaired) electrons. The number of alkyl halides is 3. The van der Waals surface area contributed by atoms with Crippen molar-refractivity contribution in [3.8, 4) is 11.1 Å². The average molecular weight is 570 g/mol. The maximum atomic E-state index is 14.0. The summed E-state index contributed by atoms with van der Waals surface area (Å²) < 4.78 is 43.3. The van der Waals surface area contributed by atoms with Crippen molar-refractivity contribution in [1.29, 1.82) is 0 Å². The van der Waals surface area contributed by atoms with Crippen LogP contribution >= 0.6 is 0 Å². The Morgan fingerprint density at radius 1 is 0.927 bits per heavy atom. The van der Waals surface area contributed by atoms with Gasteiger partial charge in [-0.2, -0.15) is 13.2 Å². The molecule has 11 heteroatoms. The first kappa shape index (κ1) is 29.8. The molecule has 41 heavy (non-hydrogen) atoms. The van der Waals surface area contributed by atoms with Crippen LogP contribution in [0.25, 0.3) is 11.1 Å². The van der Waals surface area contributed by atoms with Crippen molar-refractivity contribution in [2.75, 3.05) is 24.6 Å². The summed E-state index contributed by atoms with van der Waals surface area (Å²) in [7, 11) is 0. The molecule has 3 aromatic carbocycles. The number of halogens is 3. The van der Waals surface area contributed by atoms with Gasteiger partial charge >= 0.3 is 6.18 Å². The number of nitrogens with one attached hydrogen (secondary N) is 2. The van der Waals surface area contributed by atoms with Gasteiger partial charge in [0.2, 0.25) is 5.60 Å². The third kappa shape index (κ3) is 7.11. The van der Waals surface area contributed by atoms with E-state index in [1.54, 1.807) is 36.4 Å². The molecular weight excluding hydrogens is 539 g/mol. The van der Waals surface area contributed by atoms with E-state index in [0.717, 1.165) is 18.1 Å². The lowest BCUT2D eigenvalue weighted by Gasteiger charge is -2.29. The number of amides is 3. The van der Waals surface area contributed by atoms with Crippen LogP contribution in [0.4, 0.5) is 18.9 Å². The van der Waals surface area contributed by atoms with Crippen LogP contribution in [-0.4, -0.2) is 54.3 Å². The van der Waals surface area contributed by atoms with Crippen LogP contribution in [0.1, 0.15) is 30.5 Å². The van der Waals surface area contributed by atoms with Crippen molar-refractivity contribution in [2.24, 2.45) is 0 Å². The molecule has 1 aliphatic rings. The van der Waals surface area contributed by atoms with Crippen LogP contribution in [0, 0.1) is 0 Å². The largest absolute Gasteiger partial charge is 0.390 e. The summed E-state index contributed by atoms with van der Waals surface area (Å²) in [6, 6.07) is 22.3. The van der Waals surface area contributed by atoms with Crippen LogP contribution in [0.3, 0.4) is 0 Å². The SMILES string of the molecule is C[C@](O)(C(=O)NCCC(F)(F)F)C(=O)NC1C(=O)N(CCOCc2ccccc2)c2ccccc2-c2ccccc21. The summed E-state index contributed by atoms with van der Waals surface area (Å²) in [6.07, 6.45) is -5.86. The highest BCUT2D eigenvalue weighted by Gasteiger charge is 2.43. The van der Waals surface area contributed by atoms with Crippen LogP contribution in [0.15, 0.2) is 78.9 Å². The Hall–Kier alpha value is -4.22. The van der Waals surface area contributed by atoms with E-state index in [1.165, 1.54) is 4.90 Å². The zero-order valence-electron chi connectivity index (χ0n) is 22.3. The summed E-state index contributed by atoms with van der Waals surface area (Å²) in [5, 5.41) is 15.1. The summed E-state index contributed by atoms with van der Waals surface area (Å²) in [6.45, 7) is 0.686. The number of benzene rings is 3. The van der Waals surface area contributed by atoms with E-state index in [2.05, 4.69) is 5.32 Å². The third-order valence-corrected chi connectivity index (χ3v) is 6.69. The number of carbonyl (C=O) groups excluding carboxylic acids is 3. The van der Waals surface area contributed by atoms with Gasteiger partial charge in [-0.25, -0.2) is 0 Å². The van der Waals surface area contributed by atoms with E-state index in [-0.39, 0.29) is 13.2 Å². The van der Waals surface area contributed by atoms with Gasteiger partial charge in [0, 0.05) is 18.7 Å². The summed E-state index contributed by atoms with van der Waals surface area (Å²) >= 11 is 0. The zero-order chi connectivity index (χ0) is 29.6. The van der Waals surface area contributed by atoms with Gasteiger partial charge in [-0.1, -0.05) is 72.8 Å². The van der Waals surface area contributed by atoms with Crippen molar-refractivity contribution in [3.05, 3.63) is 90.0 Å². The van der Waals surface area contributed by atoms with Gasteiger partial charge in [0.25, 0.3) is 17.7 Å². The lowest BCUT2D eigenvalue weighted by molar-refractivity contribution is -0.154. The van der Waals surface area contributed by atoms with E-state index < -0.39 is 48.5 Å². The van der Waals surface area contributed by atoms with Gasteiger partial charge in [-0.15, -0.1) is 0 Å². The minimum absolute atomic E-state index is 0.136. The highest BCUT2D eigenvalue weighted by atomic mass is 19.4. The van der Waals surface area contributed by atoms with Gasteiger partial charge < -0.3 is 25.4 Å². The summed E-state index contributed by atoms with van der Waals surface area (Å²) in [5.74, 6) is -3.09. The summed E-state index contributed by atoms with van der Waals surface area (Å²) in [4.78, 5) is 41.1. The maximum absolute atomic E-state index is 14.0. The normalized spacial score (nSPS) is 16.2. The van der Waals surface area contributed by atoms with E-state index >= 15 is 0 Å². The number of hydrogen-bond acceptors (Lipinski definition) is 5. The Balaban J connectivity index is 1.57. The Labute approximate surface area is 235 Å². The molecule has 0 spiro atoms. The molecule has 2 atom stereocenters. The maximum Gasteiger partial charge on any atom is 0.390 e. The molecule has 216 valence electrons. The van der Waals surface area contributed by atoms with E-state index in [1.807, 2.05) is 47.8 Å². The van der Waals surface area contributed by atoms with Gasteiger partial charge in [0.05, 0.1) is 25.3 Å². The molecule has 1 unspecified atom stereocenters. The van der Waals surface area contributed by atoms with Crippen LogP contribution in [0.2, 0.25) is 0 Å². The Morgan fingerprint density at radius 3 is 2.27 bits per heavy atom. The number of hydrogen-bond donors (Lipinski definition) is 3. The number of carbonyl (C=O) groups is 3. The third-order valence-electron chi connectivity index (χ3n) is 6.69. The monoisotopic (exact) mass is 569 g/mol. The fraction of sp³-hybridized carbons (Fsp3) is 0.300. The minimum Gasteiger partial charge on any atom is -0.375 e. The lowest BCUT2D eigenvalue weighted by atomic mass is 9.94. The molecule has 8 nitrogen and oxygen atoms in total. The number of fused-ring (bicyclic) bond motifs is 3. The first-order valence-corrected chi connectivity index (χ1v) is 13.0. The predicted octanol–water partition coefficient (Wildman–Crippen LogP) is 3.89. The average Bonchev–Trinajstić information content (AvgIpc) is 3.04. The lowest BCUT2D eigenvalue weighted by Crippen LogP contribution is -2.57. The standard InChI is InChI=1S/C30H30F3N3O5/c1-29(40,27(38)34-16-15-30(31,32)33)28(39)35-25-23-13-6-5-11-21(23)22-12-7-8-14-24(22)36(26(25)37)17-18-41-19-20-9-3-2-4-10-20/h2-14,25,40H,15-19H2,1H3,(H,34,38)(H,35,39)/t25?,29-/m0/s1. The molecule has 3 N–H and O–H groups in total. The molecule has 3 aromatic rings. The van der Waals surface area contributed by atoms with Crippen molar-refractivity contribution in [3.63, 3.8) is 0 Å². The van der Waals surface area contributed by atoms with Gasteiger partial charge in [-0.3, -0.25) is 14.4 Å². The predicted molar refractivity (Wildman–Crippen MR) is 146 cm³/mol. The molecule has 4 rings (SSSR count). The summed E-state index contributed by atoms with van der Waals surface area (Å²) in [5.41, 5.74) is 0.616. The topological polar surface area (TPSA) is 108 Å². The smallest absolute Gasteiger partial charge is 0.375 e. The number of ether oxygens (including phenoxy) is 1. The van der Waals surface area contributed by atoms with Crippen molar-refractivity contribution >= 4 is 23.4 Å². The highest BCUT2D eigenvalue weighted by Crippen LogP contribution is 2.40. The minimum atomic E-state index is -4.53. The number of rotatable bonds is 10. The molecule has 1 aliphatic heterocycles. The van der Waals surface area contributed by atoms with Crippen LogP contribution in [0.5, 0.6) is 0 Å². The van der Waals surface area contributed by atoms with E-state index in [0.29, 0.717) is 23.4 Å². The second-order valence-electron chi connectivity index (χ2n) is 9.73. The second kappa shape index (κ2) is 12.5. The first-order valence-electron chi connectivity index (χ1n) is 13.0. The zero-order valence-corrected chi connectivity index (χ0v) is 22.3. The number of anilines is 1. The fourth-order valence-corrected chi connectivity index (χ4v) is 4.49. The van der Waals surface area contributed by atoms with Gasteiger partial charge in [-0.05, 0) is 29.7 Å². The van der Waals surface area contributed by atoms with E-state index in [4.69, 9.17) is 4.74 Å². The number of nitrogens with zero attached hydrogens (tertiary/aromatic N) is 1. The first-order chi connectivity index (χ1) is 19.5. The van der Waals surface area contributed by atoms with Crippen molar-refractivity contribution in [1.82, 2.24) is 10.6 Å². The molecular formula is C30H30F3N3O5. The van der Waals surface area contributed by atoms with Crippen molar-refractivity contribution in [2.45, 2.75) is 37.8 Å². The Bertz CT molecular complexity index is 1400. The molecule has 0 aliphatic carbocycles. The van der Waals surface area contributed by atoms with Crippen LogP contribution in [-0.2, 0) is 25.7 Å². The molecule has 0 saturated heterocycles. The molecule has 0 fully saturated rings. The van der Waals surface area contributed by atoms with Crippen molar-refractivity contribution < 1.29 is 37.4 Å². The van der Waals surface area contributed by atoms with E-state index in [9.17, 15) is 32.7 Å². The molecule has 0 saturated carbocycles. The van der Waals surface area contributed by atoms with Gasteiger partial charge in [0.1, 0.15) is 6.04 Å². The Morgan fingerprint density at radius 2 is 1.56 bits per heavy atom. The highest BCUT2D eigenvalue weighted by molar-refractivity contribution is 6.11. The Kier molecular flexibility index (Phi) is 9.09. The second-order valence-corrected chi connectivity index (χ2v) is 9.73. The van der Waals surface area contributed by atoms with Crippen LogP contribution < -0.4 is 15.5 Å². The molecule has 0 aromatic heterocycles. The molecule has 1 heterocycles. The number of para-hydroxylation sites is 1. The number of aliphatic hydroxyl groups is 1. The van der Waals surface area contributed by atoms with Gasteiger partial charge in [0.15, 0.2) is 0 Å². The molecule has 3 amide bonds. The fourth-order valence-electron chi connectivity index (χ4n) is 4.49.